The van der Waals surface area contributed by atoms with Crippen molar-refractivity contribution in [2.75, 3.05) is 26.3 Å². The second-order valence-corrected chi connectivity index (χ2v) is 4.61. The average Bonchev–Trinajstić information content (AvgIpc) is 2.96. The first-order valence-corrected chi connectivity index (χ1v) is 6.03. The summed E-state index contributed by atoms with van der Waals surface area (Å²) in [6, 6.07) is -0.920. The highest BCUT2D eigenvalue weighted by atomic mass is 16.5. The number of ether oxygens (including phenoxy) is 1. The number of carbonyl (C=O) groups excluding carboxylic acids is 1. The Hall–Kier alpha value is -1.30. The molecule has 2 heterocycles. The third-order valence-electron chi connectivity index (χ3n) is 3.36. The number of hydrogen-bond donors (Lipinski definition) is 2. The Morgan fingerprint density at radius 1 is 1.41 bits per heavy atom. The molecule has 0 aromatic carbocycles. The Morgan fingerprint density at radius 3 is 2.88 bits per heavy atom. The molecule has 2 N–H and O–H groups in total. The van der Waals surface area contributed by atoms with Crippen LogP contribution in [0.3, 0.4) is 0 Å². The van der Waals surface area contributed by atoms with Crippen molar-refractivity contribution in [2.45, 2.75) is 25.3 Å². The maximum atomic E-state index is 11.8. The van der Waals surface area contributed by atoms with Gasteiger partial charge >= 0.3 is 12.0 Å². The molecule has 0 aliphatic carbocycles. The minimum Gasteiger partial charge on any atom is -0.480 e. The molecule has 2 fully saturated rings. The van der Waals surface area contributed by atoms with Crippen LogP contribution in [0.4, 0.5) is 4.79 Å². The molecule has 2 aliphatic rings. The number of amides is 2. The lowest BCUT2D eigenvalue weighted by Gasteiger charge is -2.22. The lowest BCUT2D eigenvalue weighted by atomic mass is 10.1. The third kappa shape index (κ3) is 2.88. The van der Waals surface area contributed by atoms with Crippen LogP contribution in [-0.4, -0.2) is 54.4 Å². The molecule has 0 aromatic rings. The summed E-state index contributed by atoms with van der Waals surface area (Å²) in [6.45, 7) is 2.54. The van der Waals surface area contributed by atoms with E-state index >= 15 is 0 Å². The van der Waals surface area contributed by atoms with Gasteiger partial charge in [0.1, 0.15) is 6.04 Å². The largest absolute Gasteiger partial charge is 0.480 e. The van der Waals surface area contributed by atoms with Gasteiger partial charge in [-0.2, -0.15) is 0 Å². The average molecular weight is 242 g/mol. The van der Waals surface area contributed by atoms with Gasteiger partial charge in [-0.1, -0.05) is 0 Å². The molecule has 96 valence electrons. The van der Waals surface area contributed by atoms with Gasteiger partial charge in [0, 0.05) is 25.6 Å². The minimum absolute atomic E-state index is 0.262. The first-order chi connectivity index (χ1) is 8.18. The minimum atomic E-state index is -0.915. The summed E-state index contributed by atoms with van der Waals surface area (Å²) < 4.78 is 5.22. The van der Waals surface area contributed by atoms with E-state index in [9.17, 15) is 9.59 Å². The number of carboxylic acids is 1. The molecule has 2 rings (SSSR count). The number of nitrogens with one attached hydrogen (secondary N) is 1. The number of urea groups is 1. The zero-order valence-electron chi connectivity index (χ0n) is 9.72. The molecule has 2 aliphatic heterocycles. The topological polar surface area (TPSA) is 78.9 Å². The van der Waals surface area contributed by atoms with E-state index in [1.807, 2.05) is 0 Å². The first kappa shape index (κ1) is 12.2. The van der Waals surface area contributed by atoms with Crippen LogP contribution in [0.2, 0.25) is 0 Å². The van der Waals surface area contributed by atoms with Crippen LogP contribution in [0, 0.1) is 5.92 Å². The van der Waals surface area contributed by atoms with Crippen LogP contribution in [0.15, 0.2) is 0 Å². The van der Waals surface area contributed by atoms with E-state index in [4.69, 9.17) is 9.84 Å². The zero-order chi connectivity index (χ0) is 12.3. The van der Waals surface area contributed by atoms with Crippen molar-refractivity contribution in [3.8, 4) is 0 Å². The molecule has 2 amide bonds. The van der Waals surface area contributed by atoms with Gasteiger partial charge in [-0.15, -0.1) is 0 Å². The van der Waals surface area contributed by atoms with E-state index in [0.717, 1.165) is 19.4 Å². The molecular formula is C11H18N2O4. The van der Waals surface area contributed by atoms with Gasteiger partial charge in [-0.3, -0.25) is 0 Å². The van der Waals surface area contributed by atoms with Crippen molar-refractivity contribution in [3.63, 3.8) is 0 Å². The zero-order valence-corrected chi connectivity index (χ0v) is 9.72. The molecule has 6 nitrogen and oxygen atoms in total. The molecule has 1 unspecified atom stereocenters. The Bertz CT molecular complexity index is 302. The summed E-state index contributed by atoms with van der Waals surface area (Å²) >= 11 is 0. The SMILES string of the molecule is O=C(O)[C@@H]1CCCN1C(=O)NCC1CCOC1. The number of hydrogen-bond acceptors (Lipinski definition) is 3. The highest BCUT2D eigenvalue weighted by Crippen LogP contribution is 2.17. The summed E-state index contributed by atoms with van der Waals surface area (Å²) in [5.41, 5.74) is 0. The van der Waals surface area contributed by atoms with E-state index in [1.165, 1.54) is 4.90 Å². The maximum Gasteiger partial charge on any atom is 0.326 e. The predicted molar refractivity (Wildman–Crippen MR) is 59.7 cm³/mol. The molecule has 2 atom stereocenters. The maximum absolute atomic E-state index is 11.8. The second-order valence-electron chi connectivity index (χ2n) is 4.61. The highest BCUT2D eigenvalue weighted by Gasteiger charge is 2.34. The molecular weight excluding hydrogens is 224 g/mol. The van der Waals surface area contributed by atoms with Crippen molar-refractivity contribution < 1.29 is 19.4 Å². The number of carboxylic acid groups (broad SMARTS) is 1. The standard InChI is InChI=1S/C11H18N2O4/c14-10(15)9-2-1-4-13(9)11(16)12-6-8-3-5-17-7-8/h8-9H,1-7H2,(H,12,16)(H,14,15)/t8?,9-/m0/s1. The van der Waals surface area contributed by atoms with E-state index in [2.05, 4.69) is 5.32 Å². The molecule has 17 heavy (non-hydrogen) atoms. The third-order valence-corrected chi connectivity index (χ3v) is 3.36. The van der Waals surface area contributed by atoms with Gasteiger partial charge < -0.3 is 20.1 Å². The molecule has 0 saturated carbocycles. The van der Waals surface area contributed by atoms with Gasteiger partial charge in [0.15, 0.2) is 0 Å². The summed E-state index contributed by atoms with van der Waals surface area (Å²) in [5, 5.41) is 11.8. The van der Waals surface area contributed by atoms with E-state index < -0.39 is 12.0 Å². The molecule has 0 aromatic heterocycles. The molecule has 6 heteroatoms. The lowest BCUT2D eigenvalue weighted by molar-refractivity contribution is -0.141. The van der Waals surface area contributed by atoms with Crippen LogP contribution in [0.1, 0.15) is 19.3 Å². The van der Waals surface area contributed by atoms with Crippen molar-refractivity contribution in [1.29, 1.82) is 0 Å². The lowest BCUT2D eigenvalue weighted by Crippen LogP contribution is -2.47. The molecule has 0 radical (unpaired) electrons. The van der Waals surface area contributed by atoms with Gasteiger partial charge in [0.05, 0.1) is 6.61 Å². The fourth-order valence-corrected chi connectivity index (χ4v) is 2.34. The van der Waals surface area contributed by atoms with Crippen molar-refractivity contribution in [3.05, 3.63) is 0 Å². The van der Waals surface area contributed by atoms with Crippen LogP contribution >= 0.6 is 0 Å². The van der Waals surface area contributed by atoms with Crippen LogP contribution in [0.25, 0.3) is 0 Å². The summed E-state index contributed by atoms with van der Waals surface area (Å²) in [6.07, 6.45) is 2.27. The number of carbonyl (C=O) groups is 2. The van der Waals surface area contributed by atoms with E-state index in [1.54, 1.807) is 0 Å². The fraction of sp³-hybridized carbons (Fsp3) is 0.818. The Labute approximate surface area is 99.9 Å². The van der Waals surface area contributed by atoms with Crippen LogP contribution in [0.5, 0.6) is 0 Å². The van der Waals surface area contributed by atoms with Crippen molar-refractivity contribution in [2.24, 2.45) is 5.92 Å². The monoisotopic (exact) mass is 242 g/mol. The van der Waals surface area contributed by atoms with Crippen molar-refractivity contribution in [1.82, 2.24) is 10.2 Å². The number of rotatable bonds is 3. The van der Waals surface area contributed by atoms with Gasteiger partial charge in [-0.05, 0) is 19.3 Å². The quantitative estimate of drug-likeness (QED) is 0.745. The predicted octanol–water partition coefficient (Wildman–Crippen LogP) is 0.281. The summed E-state index contributed by atoms with van der Waals surface area (Å²) in [5.74, 6) is -0.549. The van der Waals surface area contributed by atoms with Crippen LogP contribution < -0.4 is 5.32 Å². The summed E-state index contributed by atoms with van der Waals surface area (Å²) in [4.78, 5) is 24.2. The molecule has 0 bridgehead atoms. The van der Waals surface area contributed by atoms with E-state index in [0.29, 0.717) is 32.0 Å². The number of nitrogens with zero attached hydrogens (tertiary/aromatic N) is 1. The van der Waals surface area contributed by atoms with Gasteiger partial charge in [0.25, 0.3) is 0 Å². The second kappa shape index (κ2) is 5.35. The molecule has 2 saturated heterocycles. The highest BCUT2D eigenvalue weighted by molar-refractivity contribution is 5.83. The van der Waals surface area contributed by atoms with Gasteiger partial charge in [0.2, 0.25) is 0 Å². The first-order valence-electron chi connectivity index (χ1n) is 6.03. The van der Waals surface area contributed by atoms with Crippen LogP contribution in [-0.2, 0) is 9.53 Å². The number of aliphatic carboxylic acids is 1. The van der Waals surface area contributed by atoms with Gasteiger partial charge in [-0.25, -0.2) is 9.59 Å². The van der Waals surface area contributed by atoms with E-state index in [-0.39, 0.29) is 6.03 Å². The smallest absolute Gasteiger partial charge is 0.326 e. The Kier molecular flexibility index (Phi) is 3.83. The number of likely N-dealkylation sites (tertiary alicyclic amines) is 1. The fourth-order valence-electron chi connectivity index (χ4n) is 2.34. The summed E-state index contributed by atoms with van der Waals surface area (Å²) in [7, 11) is 0. The Balaban J connectivity index is 1.80. The molecule has 0 spiro atoms. The van der Waals surface area contributed by atoms with Crippen molar-refractivity contribution >= 4 is 12.0 Å². The normalized spacial score (nSPS) is 28.4. The Morgan fingerprint density at radius 2 is 2.24 bits per heavy atom.